The number of carbonyl (C=O) groups is 2. The van der Waals surface area contributed by atoms with Crippen molar-refractivity contribution in [3.8, 4) is 0 Å². The zero-order valence-electron chi connectivity index (χ0n) is 19.1. The Bertz CT molecular complexity index is 1180. The van der Waals surface area contributed by atoms with Crippen LogP contribution in [0.1, 0.15) is 47.1 Å². The first kappa shape index (κ1) is 21.6. The minimum absolute atomic E-state index is 0.206. The molecule has 32 heavy (non-hydrogen) atoms. The predicted octanol–water partition coefficient (Wildman–Crippen LogP) is 5.99. The lowest BCUT2D eigenvalue weighted by Gasteiger charge is -2.27. The predicted molar refractivity (Wildman–Crippen MR) is 129 cm³/mol. The van der Waals surface area contributed by atoms with Gasteiger partial charge in [-0.1, -0.05) is 63.2 Å². The van der Waals surface area contributed by atoms with Gasteiger partial charge in [-0.3, -0.25) is 9.59 Å². The van der Waals surface area contributed by atoms with Gasteiger partial charge in [0.1, 0.15) is 11.5 Å². The van der Waals surface area contributed by atoms with Crippen LogP contribution in [-0.2, 0) is 4.74 Å². The van der Waals surface area contributed by atoms with Gasteiger partial charge in [0.05, 0.1) is 5.57 Å². The third-order valence-corrected chi connectivity index (χ3v) is 5.56. The van der Waals surface area contributed by atoms with Gasteiger partial charge in [0.25, 0.3) is 0 Å². The van der Waals surface area contributed by atoms with Gasteiger partial charge in [0.15, 0.2) is 11.6 Å². The van der Waals surface area contributed by atoms with Crippen LogP contribution in [0.4, 0.5) is 5.69 Å². The Balaban J connectivity index is 1.74. The van der Waals surface area contributed by atoms with Crippen molar-refractivity contribution in [2.75, 3.05) is 19.0 Å². The van der Waals surface area contributed by atoms with Crippen LogP contribution in [0.15, 0.2) is 89.4 Å². The first-order chi connectivity index (χ1) is 15.1. The van der Waals surface area contributed by atoms with Crippen LogP contribution < -0.4 is 4.90 Å². The van der Waals surface area contributed by atoms with Crippen molar-refractivity contribution in [2.45, 2.75) is 20.8 Å². The smallest absolute Gasteiger partial charge is 0.198 e. The maximum absolute atomic E-state index is 13.0. The van der Waals surface area contributed by atoms with Crippen LogP contribution in [0.25, 0.3) is 6.08 Å². The summed E-state index contributed by atoms with van der Waals surface area (Å²) in [6.07, 6.45) is 7.43. The fraction of sp³-hybridized carbons (Fsp3) is 0.214. The molecule has 4 heteroatoms. The molecule has 1 heterocycles. The van der Waals surface area contributed by atoms with Crippen molar-refractivity contribution in [3.63, 3.8) is 0 Å². The normalized spacial score (nSPS) is 16.2. The molecule has 0 radical (unpaired) electrons. The molecular formula is C28H27NO3. The van der Waals surface area contributed by atoms with E-state index >= 15 is 0 Å². The molecule has 0 saturated carbocycles. The van der Waals surface area contributed by atoms with Crippen molar-refractivity contribution in [2.24, 2.45) is 5.41 Å². The van der Waals surface area contributed by atoms with Gasteiger partial charge in [-0.15, -0.1) is 0 Å². The molecule has 0 unspecified atom stereocenters. The monoisotopic (exact) mass is 425 g/mol. The minimum Gasteiger partial charge on any atom is -0.461 e. The van der Waals surface area contributed by atoms with E-state index in [1.165, 1.54) is 0 Å². The molecule has 2 aromatic rings. The second kappa shape index (κ2) is 8.12. The van der Waals surface area contributed by atoms with Gasteiger partial charge in [0, 0.05) is 36.3 Å². The number of ether oxygens (including phenoxy) is 1. The average Bonchev–Trinajstić information content (AvgIpc) is 3.02. The van der Waals surface area contributed by atoms with Gasteiger partial charge in [-0.2, -0.15) is 0 Å². The Morgan fingerprint density at radius 2 is 1.41 bits per heavy atom. The Hall–Kier alpha value is -3.66. The van der Waals surface area contributed by atoms with Crippen LogP contribution >= 0.6 is 0 Å². The number of nitrogens with zero attached hydrogens (tertiary/aromatic N) is 1. The summed E-state index contributed by atoms with van der Waals surface area (Å²) >= 11 is 0. The molecule has 162 valence electrons. The first-order valence-electron chi connectivity index (χ1n) is 10.6. The quantitative estimate of drug-likeness (QED) is 0.448. The molecule has 0 bridgehead atoms. The number of anilines is 1. The number of hydrogen-bond acceptors (Lipinski definition) is 4. The second-order valence-electron chi connectivity index (χ2n) is 9.26. The van der Waals surface area contributed by atoms with E-state index in [-0.39, 0.29) is 22.6 Å². The van der Waals surface area contributed by atoms with E-state index in [2.05, 4.69) is 12.1 Å². The van der Waals surface area contributed by atoms with Gasteiger partial charge in [0.2, 0.25) is 0 Å². The maximum Gasteiger partial charge on any atom is 0.198 e. The zero-order valence-corrected chi connectivity index (χ0v) is 19.1. The van der Waals surface area contributed by atoms with E-state index in [0.29, 0.717) is 28.2 Å². The molecule has 0 saturated heterocycles. The molecule has 2 aliphatic rings. The van der Waals surface area contributed by atoms with Crippen LogP contribution in [0.3, 0.4) is 0 Å². The summed E-state index contributed by atoms with van der Waals surface area (Å²) in [5.41, 5.74) is 3.59. The lowest BCUT2D eigenvalue weighted by atomic mass is 9.89. The van der Waals surface area contributed by atoms with Crippen molar-refractivity contribution >= 4 is 23.3 Å². The molecule has 2 aromatic carbocycles. The first-order valence-corrected chi connectivity index (χ1v) is 10.6. The van der Waals surface area contributed by atoms with E-state index in [9.17, 15) is 9.59 Å². The SMILES string of the molecule is CN(C)c1ccc(C=CC2=CC(=C3C(=O)c4ccccc4C3=O)C=C(C(C)(C)C)O2)cc1. The van der Waals surface area contributed by atoms with Gasteiger partial charge < -0.3 is 9.64 Å². The summed E-state index contributed by atoms with van der Waals surface area (Å²) in [6.45, 7) is 6.13. The summed E-state index contributed by atoms with van der Waals surface area (Å²) in [4.78, 5) is 28.1. The van der Waals surface area contributed by atoms with Gasteiger partial charge >= 0.3 is 0 Å². The number of allylic oxidation sites excluding steroid dienone is 6. The molecule has 4 nitrogen and oxygen atoms in total. The Morgan fingerprint density at radius 1 is 0.812 bits per heavy atom. The van der Waals surface area contributed by atoms with Crippen molar-refractivity contribution in [1.29, 1.82) is 0 Å². The number of benzene rings is 2. The Kier molecular flexibility index (Phi) is 5.47. The highest BCUT2D eigenvalue weighted by Crippen LogP contribution is 2.37. The summed E-state index contributed by atoms with van der Waals surface area (Å²) in [5.74, 6) is 0.839. The fourth-order valence-electron chi connectivity index (χ4n) is 3.69. The molecule has 0 aromatic heterocycles. The maximum atomic E-state index is 13.0. The molecule has 0 atom stereocenters. The highest BCUT2D eigenvalue weighted by atomic mass is 16.5. The Labute approximate surface area is 189 Å². The van der Waals surface area contributed by atoms with Crippen LogP contribution in [0, 0.1) is 5.41 Å². The largest absolute Gasteiger partial charge is 0.461 e. The number of fused-ring (bicyclic) bond motifs is 1. The molecule has 1 aliphatic carbocycles. The van der Waals surface area contributed by atoms with E-state index in [1.807, 2.05) is 70.1 Å². The second-order valence-corrected chi connectivity index (χ2v) is 9.26. The molecule has 0 spiro atoms. The number of hydrogen-bond donors (Lipinski definition) is 0. The molecule has 0 N–H and O–H groups in total. The van der Waals surface area contributed by atoms with E-state index < -0.39 is 0 Å². The van der Waals surface area contributed by atoms with Gasteiger partial charge in [-0.25, -0.2) is 0 Å². The summed E-state index contributed by atoms with van der Waals surface area (Å²) in [7, 11) is 4.01. The zero-order chi connectivity index (χ0) is 23.0. The van der Waals surface area contributed by atoms with Crippen LogP contribution in [-0.4, -0.2) is 25.7 Å². The minimum atomic E-state index is -0.288. The summed E-state index contributed by atoms with van der Waals surface area (Å²) in [5, 5.41) is 0. The van der Waals surface area contributed by atoms with Gasteiger partial charge in [-0.05, 0) is 41.5 Å². The number of ketones is 2. The molecule has 0 fully saturated rings. The third kappa shape index (κ3) is 4.09. The number of Topliss-reactive ketones (excluding diaryl/α,β-unsaturated/α-hetero) is 2. The number of rotatable bonds is 3. The highest BCUT2D eigenvalue weighted by Gasteiger charge is 2.36. The Morgan fingerprint density at radius 3 is 1.94 bits per heavy atom. The third-order valence-electron chi connectivity index (χ3n) is 5.56. The van der Waals surface area contributed by atoms with E-state index in [1.54, 1.807) is 30.3 Å². The summed E-state index contributed by atoms with van der Waals surface area (Å²) < 4.78 is 6.14. The lowest BCUT2D eigenvalue weighted by molar-refractivity contribution is 0.0987. The van der Waals surface area contributed by atoms with Crippen LogP contribution in [0.2, 0.25) is 0 Å². The van der Waals surface area contributed by atoms with Crippen LogP contribution in [0.5, 0.6) is 0 Å². The highest BCUT2D eigenvalue weighted by molar-refractivity contribution is 6.40. The van der Waals surface area contributed by atoms with Crippen molar-refractivity contribution in [3.05, 3.63) is 106 Å². The fourth-order valence-corrected chi connectivity index (χ4v) is 3.69. The van der Waals surface area contributed by atoms with E-state index in [4.69, 9.17) is 4.74 Å². The molecule has 0 amide bonds. The number of carbonyl (C=O) groups excluding carboxylic acids is 2. The lowest BCUT2D eigenvalue weighted by Crippen LogP contribution is -2.16. The topological polar surface area (TPSA) is 46.6 Å². The average molecular weight is 426 g/mol. The van der Waals surface area contributed by atoms with Crippen molar-refractivity contribution in [1.82, 2.24) is 0 Å². The standard InChI is InChI=1S/C28H27NO3/c1-28(2,3)24-17-19(25-26(30)22-8-6-7-9-23(22)27(25)31)16-21(32-24)15-12-18-10-13-20(14-11-18)29(4)5/h6-17H,1-5H3. The van der Waals surface area contributed by atoms with E-state index in [0.717, 1.165) is 11.3 Å². The van der Waals surface area contributed by atoms with Crippen molar-refractivity contribution < 1.29 is 14.3 Å². The molecule has 1 aliphatic heterocycles. The molecular weight excluding hydrogens is 398 g/mol. The molecule has 4 rings (SSSR count). The summed E-state index contributed by atoms with van der Waals surface area (Å²) in [6, 6.07) is 15.2.